The molecule has 1 unspecified atom stereocenters. The third kappa shape index (κ3) is 3.41. The average Bonchev–Trinajstić information content (AvgIpc) is 2.81. The first-order chi connectivity index (χ1) is 9.29. The van der Waals surface area contributed by atoms with E-state index in [1.807, 2.05) is 30.0 Å². The topological polar surface area (TPSA) is 40.5 Å². The van der Waals surface area contributed by atoms with Crippen molar-refractivity contribution in [3.8, 4) is 0 Å². The second-order valence-electron chi connectivity index (χ2n) is 6.15. The molecule has 1 heterocycles. The number of rotatable bonds is 3. The predicted molar refractivity (Wildman–Crippen MR) is 83.6 cm³/mol. The zero-order valence-corrected chi connectivity index (χ0v) is 13.9. The molecule has 20 heavy (non-hydrogen) atoms. The summed E-state index contributed by atoms with van der Waals surface area (Å²) in [5, 5.41) is 10.2. The summed E-state index contributed by atoms with van der Waals surface area (Å²) in [4.78, 5) is 14.4. The minimum Gasteiger partial charge on any atom is -0.388 e. The van der Waals surface area contributed by atoms with Crippen LogP contribution < -0.4 is 0 Å². The number of likely N-dealkylation sites (tertiary alicyclic amines) is 1. The molecule has 1 atom stereocenters. The third-order valence-electron chi connectivity index (χ3n) is 4.03. The number of aliphatic hydroxyl groups is 1. The van der Waals surface area contributed by atoms with Crippen molar-refractivity contribution in [1.82, 2.24) is 4.90 Å². The smallest absolute Gasteiger partial charge is 0.227 e. The van der Waals surface area contributed by atoms with Gasteiger partial charge in [-0.05, 0) is 56.9 Å². The molecule has 1 fully saturated rings. The number of hydrogen-bond donors (Lipinski definition) is 1. The summed E-state index contributed by atoms with van der Waals surface area (Å²) in [5.74, 6) is 0.111. The van der Waals surface area contributed by atoms with Gasteiger partial charge in [0.2, 0.25) is 5.91 Å². The van der Waals surface area contributed by atoms with E-state index in [4.69, 9.17) is 0 Å². The van der Waals surface area contributed by atoms with Gasteiger partial charge in [0.25, 0.3) is 0 Å². The van der Waals surface area contributed by atoms with Gasteiger partial charge in [-0.3, -0.25) is 4.79 Å². The summed E-state index contributed by atoms with van der Waals surface area (Å²) in [5.41, 5.74) is 1.34. The molecule has 1 N–H and O–H groups in total. The Morgan fingerprint density at radius 3 is 2.80 bits per heavy atom. The van der Waals surface area contributed by atoms with E-state index in [-0.39, 0.29) is 11.9 Å². The van der Waals surface area contributed by atoms with Crippen LogP contribution in [0.25, 0.3) is 0 Å². The molecule has 1 saturated heterocycles. The maximum Gasteiger partial charge on any atom is 0.227 e. The highest BCUT2D eigenvalue weighted by Gasteiger charge is 2.38. The molecule has 0 saturated carbocycles. The first kappa shape index (κ1) is 15.5. The number of halogens is 1. The number of benzene rings is 1. The standard InChI is InChI=1S/C16H22BrNO2/c1-11-9-13(17)7-6-12(11)10-15(19)18-8-4-5-14(18)16(2,3)20/h6-7,9,14,20H,4-5,8,10H2,1-3H3. The molecule has 0 radical (unpaired) electrons. The van der Waals surface area contributed by atoms with E-state index < -0.39 is 5.60 Å². The van der Waals surface area contributed by atoms with Crippen molar-refractivity contribution in [3.05, 3.63) is 33.8 Å². The minimum absolute atomic E-state index is 0.0641. The molecular weight excluding hydrogens is 318 g/mol. The highest BCUT2D eigenvalue weighted by atomic mass is 79.9. The lowest BCUT2D eigenvalue weighted by atomic mass is 9.96. The van der Waals surface area contributed by atoms with Crippen molar-refractivity contribution in [2.75, 3.05) is 6.54 Å². The zero-order valence-electron chi connectivity index (χ0n) is 12.3. The molecule has 1 aromatic carbocycles. The van der Waals surface area contributed by atoms with E-state index in [1.165, 1.54) is 0 Å². The van der Waals surface area contributed by atoms with Crippen LogP contribution in [0.5, 0.6) is 0 Å². The van der Waals surface area contributed by atoms with Gasteiger partial charge in [-0.1, -0.05) is 22.0 Å². The van der Waals surface area contributed by atoms with Crippen molar-refractivity contribution < 1.29 is 9.90 Å². The largest absolute Gasteiger partial charge is 0.388 e. The quantitative estimate of drug-likeness (QED) is 0.919. The molecule has 1 aliphatic heterocycles. The van der Waals surface area contributed by atoms with Gasteiger partial charge in [0.05, 0.1) is 18.1 Å². The van der Waals surface area contributed by atoms with E-state index in [0.717, 1.165) is 35.0 Å². The Hall–Kier alpha value is -0.870. The average molecular weight is 340 g/mol. The van der Waals surface area contributed by atoms with E-state index in [2.05, 4.69) is 15.9 Å². The van der Waals surface area contributed by atoms with E-state index >= 15 is 0 Å². The van der Waals surface area contributed by atoms with E-state index in [9.17, 15) is 9.90 Å². The Morgan fingerprint density at radius 2 is 2.20 bits per heavy atom. The van der Waals surface area contributed by atoms with Crippen LogP contribution in [0.2, 0.25) is 0 Å². The summed E-state index contributed by atoms with van der Waals surface area (Å²) in [6, 6.07) is 5.92. The number of carbonyl (C=O) groups is 1. The molecule has 1 aliphatic rings. The normalized spacial score (nSPS) is 19.4. The SMILES string of the molecule is Cc1cc(Br)ccc1CC(=O)N1CCCC1C(C)(C)O. The Morgan fingerprint density at radius 1 is 1.50 bits per heavy atom. The molecular formula is C16H22BrNO2. The van der Waals surface area contributed by atoms with Crippen LogP contribution in [0.15, 0.2) is 22.7 Å². The van der Waals surface area contributed by atoms with Gasteiger partial charge in [-0.15, -0.1) is 0 Å². The highest BCUT2D eigenvalue weighted by Crippen LogP contribution is 2.27. The fourth-order valence-electron chi connectivity index (χ4n) is 2.92. The molecule has 1 aromatic rings. The lowest BCUT2D eigenvalue weighted by Crippen LogP contribution is -2.48. The van der Waals surface area contributed by atoms with Gasteiger partial charge < -0.3 is 10.0 Å². The van der Waals surface area contributed by atoms with Crippen molar-refractivity contribution in [1.29, 1.82) is 0 Å². The van der Waals surface area contributed by atoms with E-state index in [0.29, 0.717) is 6.42 Å². The monoisotopic (exact) mass is 339 g/mol. The van der Waals surface area contributed by atoms with Crippen LogP contribution in [-0.2, 0) is 11.2 Å². The summed E-state index contributed by atoms with van der Waals surface area (Å²) in [7, 11) is 0. The van der Waals surface area contributed by atoms with Crippen LogP contribution in [0.3, 0.4) is 0 Å². The van der Waals surface area contributed by atoms with Gasteiger partial charge >= 0.3 is 0 Å². The Kier molecular flexibility index (Phi) is 4.55. The van der Waals surface area contributed by atoms with Crippen LogP contribution in [0.1, 0.15) is 37.8 Å². The minimum atomic E-state index is -0.832. The number of amides is 1. The summed E-state index contributed by atoms with van der Waals surface area (Å²) in [6.45, 7) is 6.34. The molecule has 110 valence electrons. The third-order valence-corrected chi connectivity index (χ3v) is 4.53. The Bertz CT molecular complexity index is 508. The summed E-state index contributed by atoms with van der Waals surface area (Å²) in [6.07, 6.45) is 2.26. The van der Waals surface area contributed by atoms with Gasteiger partial charge in [-0.25, -0.2) is 0 Å². The Labute approximate surface area is 129 Å². The number of carbonyl (C=O) groups excluding carboxylic acids is 1. The Balaban J connectivity index is 2.12. The van der Waals surface area contributed by atoms with Crippen molar-refractivity contribution >= 4 is 21.8 Å². The predicted octanol–water partition coefficient (Wildman–Crippen LogP) is 3.06. The number of hydrogen-bond acceptors (Lipinski definition) is 2. The van der Waals surface area contributed by atoms with Crippen molar-refractivity contribution in [3.63, 3.8) is 0 Å². The second kappa shape index (κ2) is 5.86. The summed E-state index contributed by atoms with van der Waals surface area (Å²) < 4.78 is 1.03. The molecule has 0 spiro atoms. The van der Waals surface area contributed by atoms with Crippen LogP contribution in [0, 0.1) is 6.92 Å². The van der Waals surface area contributed by atoms with Crippen LogP contribution in [0.4, 0.5) is 0 Å². The summed E-state index contributed by atoms with van der Waals surface area (Å²) >= 11 is 3.44. The fraction of sp³-hybridized carbons (Fsp3) is 0.562. The zero-order chi connectivity index (χ0) is 14.9. The maximum absolute atomic E-state index is 12.5. The first-order valence-electron chi connectivity index (χ1n) is 7.06. The molecule has 3 nitrogen and oxygen atoms in total. The van der Waals surface area contributed by atoms with Crippen molar-refractivity contribution in [2.45, 2.75) is 51.7 Å². The maximum atomic E-state index is 12.5. The van der Waals surface area contributed by atoms with Gasteiger partial charge in [0.1, 0.15) is 0 Å². The van der Waals surface area contributed by atoms with Gasteiger partial charge in [0.15, 0.2) is 0 Å². The number of nitrogens with zero attached hydrogens (tertiary/aromatic N) is 1. The van der Waals surface area contributed by atoms with Gasteiger partial charge in [-0.2, -0.15) is 0 Å². The molecule has 0 aromatic heterocycles. The first-order valence-corrected chi connectivity index (χ1v) is 7.85. The molecule has 1 amide bonds. The fourth-order valence-corrected chi connectivity index (χ4v) is 3.40. The molecule has 2 rings (SSSR count). The second-order valence-corrected chi connectivity index (χ2v) is 7.06. The van der Waals surface area contributed by atoms with Crippen LogP contribution >= 0.6 is 15.9 Å². The van der Waals surface area contributed by atoms with Crippen LogP contribution in [-0.4, -0.2) is 34.1 Å². The van der Waals surface area contributed by atoms with E-state index in [1.54, 1.807) is 13.8 Å². The highest BCUT2D eigenvalue weighted by molar-refractivity contribution is 9.10. The molecule has 0 bridgehead atoms. The van der Waals surface area contributed by atoms with Crippen molar-refractivity contribution in [2.24, 2.45) is 0 Å². The van der Waals surface area contributed by atoms with Gasteiger partial charge in [0, 0.05) is 11.0 Å². The lowest BCUT2D eigenvalue weighted by Gasteiger charge is -2.34. The number of aryl methyl sites for hydroxylation is 1. The molecule has 0 aliphatic carbocycles. The lowest BCUT2D eigenvalue weighted by molar-refractivity contribution is -0.135. The molecule has 4 heteroatoms.